The SMILES string of the molecule is OC1CCN(c2cc(-c3ccccc3)nc3cc(-c4cccc(F)c4)nn23)CC1. The number of fused-ring (bicyclic) bond motifs is 1. The third kappa shape index (κ3) is 3.47. The molecule has 0 amide bonds. The predicted molar refractivity (Wildman–Crippen MR) is 111 cm³/mol. The van der Waals surface area contributed by atoms with Crippen molar-refractivity contribution in [3.63, 3.8) is 0 Å². The highest BCUT2D eigenvalue weighted by Gasteiger charge is 2.21. The van der Waals surface area contributed by atoms with Gasteiger partial charge in [0.15, 0.2) is 5.65 Å². The molecule has 5 rings (SSSR count). The van der Waals surface area contributed by atoms with Crippen LogP contribution in [0.15, 0.2) is 66.7 Å². The largest absolute Gasteiger partial charge is 0.393 e. The molecule has 6 heteroatoms. The fourth-order valence-corrected chi connectivity index (χ4v) is 3.82. The molecule has 0 radical (unpaired) electrons. The summed E-state index contributed by atoms with van der Waals surface area (Å²) in [5.41, 5.74) is 4.01. The lowest BCUT2D eigenvalue weighted by Gasteiger charge is -2.31. The summed E-state index contributed by atoms with van der Waals surface area (Å²) < 4.78 is 15.5. The molecule has 4 aromatic rings. The number of halogens is 1. The van der Waals surface area contributed by atoms with Crippen molar-refractivity contribution in [3.8, 4) is 22.5 Å². The summed E-state index contributed by atoms with van der Waals surface area (Å²) in [5.74, 6) is 0.645. The van der Waals surface area contributed by atoms with Crippen molar-refractivity contribution in [3.05, 3.63) is 72.5 Å². The summed E-state index contributed by atoms with van der Waals surface area (Å²) >= 11 is 0. The fraction of sp³-hybridized carbons (Fsp3) is 0.217. The molecule has 0 unspecified atom stereocenters. The van der Waals surface area contributed by atoms with E-state index in [1.54, 1.807) is 6.07 Å². The van der Waals surface area contributed by atoms with Crippen molar-refractivity contribution in [1.82, 2.24) is 14.6 Å². The summed E-state index contributed by atoms with van der Waals surface area (Å²) in [4.78, 5) is 7.05. The van der Waals surface area contributed by atoms with Crippen LogP contribution in [0.1, 0.15) is 12.8 Å². The van der Waals surface area contributed by atoms with Crippen LogP contribution in [0, 0.1) is 5.82 Å². The first-order valence-electron chi connectivity index (χ1n) is 9.82. The van der Waals surface area contributed by atoms with Gasteiger partial charge in [0.1, 0.15) is 11.6 Å². The Bertz CT molecular complexity index is 1150. The van der Waals surface area contributed by atoms with Gasteiger partial charge in [-0.15, -0.1) is 0 Å². The first kappa shape index (κ1) is 17.8. The Morgan fingerprint density at radius 1 is 0.862 bits per heavy atom. The molecule has 2 aromatic carbocycles. The van der Waals surface area contributed by atoms with E-state index in [0.29, 0.717) is 11.3 Å². The van der Waals surface area contributed by atoms with E-state index in [9.17, 15) is 9.50 Å². The fourth-order valence-electron chi connectivity index (χ4n) is 3.82. The quantitative estimate of drug-likeness (QED) is 0.573. The molecule has 3 heterocycles. The monoisotopic (exact) mass is 388 g/mol. The van der Waals surface area contributed by atoms with Crippen molar-refractivity contribution in [2.75, 3.05) is 18.0 Å². The minimum absolute atomic E-state index is 0.252. The molecule has 0 atom stereocenters. The highest BCUT2D eigenvalue weighted by molar-refractivity contribution is 5.71. The zero-order valence-electron chi connectivity index (χ0n) is 15.9. The van der Waals surface area contributed by atoms with E-state index >= 15 is 0 Å². The Labute approximate surface area is 168 Å². The van der Waals surface area contributed by atoms with Crippen LogP contribution >= 0.6 is 0 Å². The first-order chi connectivity index (χ1) is 14.2. The van der Waals surface area contributed by atoms with Crippen LogP contribution in [0.25, 0.3) is 28.2 Å². The molecular formula is C23H21FN4O. The normalized spacial score (nSPS) is 15.2. The van der Waals surface area contributed by atoms with Crippen molar-refractivity contribution in [1.29, 1.82) is 0 Å². The van der Waals surface area contributed by atoms with Crippen LogP contribution in [-0.2, 0) is 0 Å². The average Bonchev–Trinajstić information content (AvgIpc) is 3.19. The van der Waals surface area contributed by atoms with Crippen LogP contribution in [0.5, 0.6) is 0 Å². The van der Waals surface area contributed by atoms with Crippen LogP contribution in [0.3, 0.4) is 0 Å². The number of aliphatic hydroxyl groups is 1. The first-order valence-corrected chi connectivity index (χ1v) is 9.82. The molecule has 1 aliphatic rings. The van der Waals surface area contributed by atoms with Gasteiger partial charge in [0.2, 0.25) is 0 Å². The Kier molecular flexibility index (Phi) is 4.48. The smallest absolute Gasteiger partial charge is 0.158 e. The number of aromatic nitrogens is 3. The van der Waals surface area contributed by atoms with Crippen molar-refractivity contribution >= 4 is 11.5 Å². The van der Waals surface area contributed by atoms with Gasteiger partial charge in [-0.1, -0.05) is 42.5 Å². The maximum atomic E-state index is 13.7. The lowest BCUT2D eigenvalue weighted by molar-refractivity contribution is 0.145. The van der Waals surface area contributed by atoms with Crippen LogP contribution in [0.2, 0.25) is 0 Å². The van der Waals surface area contributed by atoms with Gasteiger partial charge in [0, 0.05) is 36.3 Å². The number of piperidine rings is 1. The third-order valence-corrected chi connectivity index (χ3v) is 5.39. The number of anilines is 1. The van der Waals surface area contributed by atoms with Gasteiger partial charge in [0.25, 0.3) is 0 Å². The average molecular weight is 388 g/mol. The maximum Gasteiger partial charge on any atom is 0.158 e. The standard InChI is InChI=1S/C23H21FN4O/c24-18-8-4-7-17(13-18)21-14-22-25-20(16-5-2-1-3-6-16)15-23(28(22)26-21)27-11-9-19(29)10-12-27/h1-8,13-15,19,29H,9-12H2. The lowest BCUT2D eigenvalue weighted by atomic mass is 10.1. The molecule has 0 bridgehead atoms. The van der Waals surface area contributed by atoms with Gasteiger partial charge in [0.05, 0.1) is 17.5 Å². The summed E-state index contributed by atoms with van der Waals surface area (Å²) in [6.45, 7) is 1.51. The number of nitrogens with zero attached hydrogens (tertiary/aromatic N) is 4. The van der Waals surface area contributed by atoms with E-state index in [-0.39, 0.29) is 11.9 Å². The number of rotatable bonds is 3. The molecule has 5 nitrogen and oxygen atoms in total. The van der Waals surface area contributed by atoms with Crippen LogP contribution < -0.4 is 4.90 Å². The lowest BCUT2D eigenvalue weighted by Crippen LogP contribution is -2.37. The second kappa shape index (κ2) is 7.29. The molecule has 0 saturated carbocycles. The second-order valence-corrected chi connectivity index (χ2v) is 7.39. The van der Waals surface area contributed by atoms with Crippen molar-refractivity contribution in [2.24, 2.45) is 0 Å². The summed E-state index contributed by atoms with van der Waals surface area (Å²) in [5, 5.41) is 14.6. The maximum absolute atomic E-state index is 13.7. The number of hydrogen-bond acceptors (Lipinski definition) is 4. The summed E-state index contributed by atoms with van der Waals surface area (Å²) in [6, 6.07) is 20.4. The molecule has 1 N–H and O–H groups in total. The molecule has 2 aromatic heterocycles. The van der Waals surface area contributed by atoms with Gasteiger partial charge in [-0.05, 0) is 25.0 Å². The van der Waals surface area contributed by atoms with E-state index in [2.05, 4.69) is 4.90 Å². The zero-order chi connectivity index (χ0) is 19.8. The summed E-state index contributed by atoms with van der Waals surface area (Å²) in [6.07, 6.45) is 1.20. The molecule has 146 valence electrons. The summed E-state index contributed by atoms with van der Waals surface area (Å²) in [7, 11) is 0. The minimum atomic E-state index is -0.289. The molecule has 1 aliphatic heterocycles. The van der Waals surface area contributed by atoms with E-state index < -0.39 is 0 Å². The van der Waals surface area contributed by atoms with Crippen LogP contribution in [-0.4, -0.2) is 38.9 Å². The van der Waals surface area contributed by atoms with Gasteiger partial charge < -0.3 is 10.0 Å². The van der Waals surface area contributed by atoms with Gasteiger partial charge in [-0.3, -0.25) is 0 Å². The Morgan fingerprint density at radius 3 is 2.38 bits per heavy atom. The van der Waals surface area contributed by atoms with Crippen LogP contribution in [0.4, 0.5) is 10.2 Å². The Balaban J connectivity index is 1.67. The van der Waals surface area contributed by atoms with Gasteiger partial charge in [-0.25, -0.2) is 9.37 Å². The topological polar surface area (TPSA) is 53.7 Å². The highest BCUT2D eigenvalue weighted by Crippen LogP contribution is 2.29. The molecular weight excluding hydrogens is 367 g/mol. The van der Waals surface area contributed by atoms with E-state index in [1.807, 2.05) is 53.0 Å². The molecule has 29 heavy (non-hydrogen) atoms. The van der Waals surface area contributed by atoms with E-state index in [4.69, 9.17) is 10.1 Å². The van der Waals surface area contributed by atoms with E-state index in [0.717, 1.165) is 48.6 Å². The van der Waals surface area contributed by atoms with E-state index in [1.165, 1.54) is 12.1 Å². The molecule has 0 aliphatic carbocycles. The Hall–Kier alpha value is -3.25. The number of hydrogen-bond donors (Lipinski definition) is 1. The minimum Gasteiger partial charge on any atom is -0.393 e. The Morgan fingerprint density at radius 2 is 1.62 bits per heavy atom. The molecule has 0 spiro atoms. The highest BCUT2D eigenvalue weighted by atomic mass is 19.1. The number of aliphatic hydroxyl groups excluding tert-OH is 1. The molecule has 1 fully saturated rings. The number of benzene rings is 2. The van der Waals surface area contributed by atoms with Gasteiger partial charge >= 0.3 is 0 Å². The van der Waals surface area contributed by atoms with Crippen molar-refractivity contribution in [2.45, 2.75) is 18.9 Å². The second-order valence-electron chi connectivity index (χ2n) is 7.39. The zero-order valence-corrected chi connectivity index (χ0v) is 15.9. The van der Waals surface area contributed by atoms with Crippen molar-refractivity contribution < 1.29 is 9.50 Å². The van der Waals surface area contributed by atoms with Gasteiger partial charge in [-0.2, -0.15) is 9.61 Å². The third-order valence-electron chi connectivity index (χ3n) is 5.39. The molecule has 1 saturated heterocycles. The predicted octanol–water partition coefficient (Wildman–Crippen LogP) is 4.16.